The molecule has 5 heteroatoms. The average Bonchev–Trinajstić information content (AvgIpc) is 3.43. The van der Waals surface area contributed by atoms with E-state index in [2.05, 4.69) is 6.58 Å². The number of carbonyl (C=O) groups excluding carboxylic acids is 2. The van der Waals surface area contributed by atoms with Crippen LogP contribution in [0.2, 0.25) is 0 Å². The third-order valence-corrected chi connectivity index (χ3v) is 5.98. The van der Waals surface area contributed by atoms with Crippen molar-refractivity contribution in [3.63, 3.8) is 0 Å². The Morgan fingerprint density at radius 1 is 1.03 bits per heavy atom. The molecule has 1 fully saturated rings. The minimum atomic E-state index is -0.0889. The van der Waals surface area contributed by atoms with Crippen molar-refractivity contribution in [2.24, 2.45) is 5.92 Å². The number of hydrogen-bond acceptors (Lipinski definition) is 3. The molecule has 1 aromatic heterocycles. The standard InChI is InChI=1S/C26H34N2O3/c1-3-17-27(25(29)16-14-22-9-7-8-10-22)20-26(30)28(18-23-11-5-4-6-12-23)19-24-15-13-21(2)31-24/h3-6,11-13,15,22H,1,7-10,14,16-20H2,2H3. The lowest BCUT2D eigenvalue weighted by Gasteiger charge is -2.27. The van der Waals surface area contributed by atoms with Crippen molar-refractivity contribution < 1.29 is 14.0 Å². The zero-order valence-corrected chi connectivity index (χ0v) is 18.6. The first kappa shape index (κ1) is 22.9. The second-order valence-electron chi connectivity index (χ2n) is 8.50. The van der Waals surface area contributed by atoms with E-state index in [0.29, 0.717) is 32.0 Å². The molecule has 1 aromatic carbocycles. The summed E-state index contributed by atoms with van der Waals surface area (Å²) in [5, 5.41) is 0. The molecule has 1 heterocycles. The minimum absolute atomic E-state index is 0.0358. The second-order valence-corrected chi connectivity index (χ2v) is 8.50. The summed E-state index contributed by atoms with van der Waals surface area (Å²) in [6.45, 7) is 6.95. The Bertz CT molecular complexity index is 853. The van der Waals surface area contributed by atoms with Crippen LogP contribution in [0.3, 0.4) is 0 Å². The molecule has 0 aliphatic heterocycles. The smallest absolute Gasteiger partial charge is 0.242 e. The fourth-order valence-corrected chi connectivity index (χ4v) is 4.25. The number of benzene rings is 1. The lowest BCUT2D eigenvalue weighted by atomic mass is 10.0. The molecule has 0 atom stereocenters. The van der Waals surface area contributed by atoms with E-state index in [9.17, 15) is 9.59 Å². The quantitative estimate of drug-likeness (QED) is 0.473. The van der Waals surface area contributed by atoms with Gasteiger partial charge in [0.25, 0.3) is 0 Å². The highest BCUT2D eigenvalue weighted by molar-refractivity contribution is 5.85. The van der Waals surface area contributed by atoms with Gasteiger partial charge in [-0.15, -0.1) is 6.58 Å². The Morgan fingerprint density at radius 2 is 1.77 bits per heavy atom. The average molecular weight is 423 g/mol. The monoisotopic (exact) mass is 422 g/mol. The normalized spacial score (nSPS) is 13.8. The Balaban J connectivity index is 1.66. The molecule has 1 aliphatic carbocycles. The van der Waals surface area contributed by atoms with E-state index in [1.807, 2.05) is 49.4 Å². The van der Waals surface area contributed by atoms with Gasteiger partial charge in [0.05, 0.1) is 6.54 Å². The van der Waals surface area contributed by atoms with Crippen LogP contribution in [0.25, 0.3) is 0 Å². The van der Waals surface area contributed by atoms with Crippen molar-refractivity contribution in [2.75, 3.05) is 13.1 Å². The molecule has 31 heavy (non-hydrogen) atoms. The van der Waals surface area contributed by atoms with E-state index in [0.717, 1.165) is 23.5 Å². The number of hydrogen-bond donors (Lipinski definition) is 0. The highest BCUT2D eigenvalue weighted by atomic mass is 16.3. The van der Waals surface area contributed by atoms with Gasteiger partial charge < -0.3 is 14.2 Å². The van der Waals surface area contributed by atoms with Crippen LogP contribution in [0.4, 0.5) is 0 Å². The number of carbonyl (C=O) groups is 2. The van der Waals surface area contributed by atoms with Gasteiger partial charge in [-0.3, -0.25) is 9.59 Å². The van der Waals surface area contributed by atoms with Crippen molar-refractivity contribution >= 4 is 11.8 Å². The van der Waals surface area contributed by atoms with Gasteiger partial charge in [0.2, 0.25) is 11.8 Å². The van der Waals surface area contributed by atoms with Crippen LogP contribution in [0, 0.1) is 12.8 Å². The Morgan fingerprint density at radius 3 is 2.42 bits per heavy atom. The molecule has 1 saturated carbocycles. The first-order chi connectivity index (χ1) is 15.0. The van der Waals surface area contributed by atoms with E-state index in [4.69, 9.17) is 4.42 Å². The van der Waals surface area contributed by atoms with Crippen LogP contribution < -0.4 is 0 Å². The second kappa shape index (κ2) is 11.5. The summed E-state index contributed by atoms with van der Waals surface area (Å²) in [4.78, 5) is 29.5. The first-order valence-electron chi connectivity index (χ1n) is 11.3. The van der Waals surface area contributed by atoms with Crippen molar-refractivity contribution in [1.82, 2.24) is 9.80 Å². The van der Waals surface area contributed by atoms with Crippen LogP contribution in [0.5, 0.6) is 0 Å². The molecule has 5 nitrogen and oxygen atoms in total. The third-order valence-electron chi connectivity index (χ3n) is 5.98. The van der Waals surface area contributed by atoms with Crippen molar-refractivity contribution in [2.45, 2.75) is 58.5 Å². The van der Waals surface area contributed by atoms with Crippen LogP contribution in [-0.4, -0.2) is 34.7 Å². The van der Waals surface area contributed by atoms with E-state index in [1.165, 1.54) is 25.7 Å². The summed E-state index contributed by atoms with van der Waals surface area (Å²) in [7, 11) is 0. The molecule has 166 valence electrons. The van der Waals surface area contributed by atoms with E-state index >= 15 is 0 Å². The summed E-state index contributed by atoms with van der Waals surface area (Å²) < 4.78 is 5.71. The number of nitrogens with zero attached hydrogens (tertiary/aromatic N) is 2. The Labute approximate surface area is 185 Å². The van der Waals surface area contributed by atoms with Crippen LogP contribution >= 0.6 is 0 Å². The SMILES string of the molecule is C=CCN(CC(=O)N(Cc1ccccc1)Cc1ccc(C)o1)C(=O)CCC1CCCC1. The van der Waals surface area contributed by atoms with Crippen molar-refractivity contribution in [3.05, 3.63) is 72.2 Å². The molecule has 0 bridgehead atoms. The van der Waals surface area contributed by atoms with Gasteiger partial charge in [0.1, 0.15) is 18.1 Å². The Hall–Kier alpha value is -2.82. The molecule has 1 aliphatic rings. The summed E-state index contributed by atoms with van der Waals surface area (Å²) in [6.07, 6.45) is 8.10. The number of rotatable bonds is 11. The number of amides is 2. The molecular weight excluding hydrogens is 388 g/mol. The highest BCUT2D eigenvalue weighted by Gasteiger charge is 2.23. The van der Waals surface area contributed by atoms with Gasteiger partial charge in [-0.2, -0.15) is 0 Å². The lowest BCUT2D eigenvalue weighted by Crippen LogP contribution is -2.42. The zero-order chi connectivity index (χ0) is 22.1. The van der Waals surface area contributed by atoms with Crippen molar-refractivity contribution in [3.8, 4) is 0 Å². The fourth-order valence-electron chi connectivity index (χ4n) is 4.25. The highest BCUT2D eigenvalue weighted by Crippen LogP contribution is 2.28. The molecule has 3 rings (SSSR count). The number of aryl methyl sites for hydroxylation is 1. The van der Waals surface area contributed by atoms with E-state index in [-0.39, 0.29) is 18.4 Å². The van der Waals surface area contributed by atoms with Crippen LogP contribution in [0.15, 0.2) is 59.5 Å². The summed E-state index contributed by atoms with van der Waals surface area (Å²) in [5.74, 6) is 2.16. The molecule has 0 unspecified atom stereocenters. The van der Waals surface area contributed by atoms with Gasteiger partial charge >= 0.3 is 0 Å². The zero-order valence-electron chi connectivity index (χ0n) is 18.6. The van der Waals surface area contributed by atoms with Gasteiger partial charge in [0, 0.05) is 19.5 Å². The molecule has 0 saturated heterocycles. The van der Waals surface area contributed by atoms with Crippen molar-refractivity contribution in [1.29, 1.82) is 0 Å². The Kier molecular flexibility index (Phi) is 8.51. The van der Waals surface area contributed by atoms with E-state index in [1.54, 1.807) is 15.9 Å². The third kappa shape index (κ3) is 7.12. The lowest BCUT2D eigenvalue weighted by molar-refractivity contribution is -0.141. The van der Waals surface area contributed by atoms with Gasteiger partial charge in [0.15, 0.2) is 0 Å². The molecular formula is C26H34N2O3. The molecule has 0 N–H and O–H groups in total. The van der Waals surface area contributed by atoms with Gasteiger partial charge in [-0.25, -0.2) is 0 Å². The molecule has 2 aromatic rings. The minimum Gasteiger partial charge on any atom is -0.464 e. The molecule has 0 spiro atoms. The van der Waals surface area contributed by atoms with Crippen LogP contribution in [-0.2, 0) is 22.7 Å². The van der Waals surface area contributed by atoms with E-state index < -0.39 is 0 Å². The predicted octanol–water partition coefficient (Wildman–Crippen LogP) is 5.10. The summed E-state index contributed by atoms with van der Waals surface area (Å²) >= 11 is 0. The van der Waals surface area contributed by atoms with Gasteiger partial charge in [-0.1, -0.05) is 62.1 Å². The van der Waals surface area contributed by atoms with Gasteiger partial charge in [-0.05, 0) is 37.0 Å². The fraction of sp³-hybridized carbons (Fsp3) is 0.462. The maximum absolute atomic E-state index is 13.3. The molecule has 2 amide bonds. The maximum Gasteiger partial charge on any atom is 0.242 e. The molecule has 0 radical (unpaired) electrons. The summed E-state index contributed by atoms with van der Waals surface area (Å²) in [5.41, 5.74) is 1.04. The maximum atomic E-state index is 13.3. The number of furan rings is 1. The summed E-state index contributed by atoms with van der Waals surface area (Å²) in [6, 6.07) is 13.7. The topological polar surface area (TPSA) is 53.8 Å². The predicted molar refractivity (Wildman–Crippen MR) is 122 cm³/mol. The van der Waals surface area contributed by atoms with Crippen LogP contribution in [0.1, 0.15) is 55.6 Å². The largest absolute Gasteiger partial charge is 0.464 e. The first-order valence-corrected chi connectivity index (χ1v) is 11.3.